The minimum Gasteiger partial charge on any atom is -0.481 e. The second-order valence-corrected chi connectivity index (χ2v) is 24.6. The number of nitrogens with zero attached hydrogens (tertiary/aromatic N) is 2. The molecular weight excluding hydrogens is 1410 g/mol. The average Bonchev–Trinajstić information content (AvgIpc) is 0.868. The number of hydrogen-bond acceptors (Lipinski definition) is 20. The number of hydrogen-bond donors (Lipinski definition) is 12. The van der Waals surface area contributed by atoms with Crippen LogP contribution in [0.25, 0.3) is 0 Å². The first-order valence-electron chi connectivity index (χ1n) is 33.6. The summed E-state index contributed by atoms with van der Waals surface area (Å²) in [6.07, 6.45) is 4.28. The molecule has 0 fully saturated rings. The van der Waals surface area contributed by atoms with Crippen LogP contribution in [0, 0.1) is 0 Å². The van der Waals surface area contributed by atoms with Crippen molar-refractivity contribution in [2.45, 2.75) is 114 Å². The number of benzene rings is 2. The van der Waals surface area contributed by atoms with Crippen molar-refractivity contribution in [2.24, 2.45) is 0 Å². The summed E-state index contributed by atoms with van der Waals surface area (Å²) in [6, 6.07) is 15.4. The van der Waals surface area contributed by atoms with Crippen molar-refractivity contribution in [3.63, 3.8) is 0 Å². The van der Waals surface area contributed by atoms with E-state index in [-0.39, 0.29) is 189 Å². The lowest BCUT2D eigenvalue weighted by Crippen LogP contribution is -2.48. The summed E-state index contributed by atoms with van der Waals surface area (Å²) in [4.78, 5) is 136. The van der Waals surface area contributed by atoms with Gasteiger partial charge in [0.25, 0.3) is 0 Å². The Bertz CT molecular complexity index is 2950. The molecule has 0 aliphatic carbocycles. The van der Waals surface area contributed by atoms with Gasteiger partial charge in [-0.05, 0) is 110 Å². The molecule has 0 aliphatic rings. The molecule has 4 rings (SSSR count). The maximum Gasteiger partial charge on any atom is 0.305 e. The number of carbonyl (C=O) groups excluding carboxylic acids is 8. The van der Waals surface area contributed by atoms with E-state index in [1.54, 1.807) is 24.5 Å². The third kappa shape index (κ3) is 41.8. The van der Waals surface area contributed by atoms with Gasteiger partial charge in [0, 0.05) is 110 Å². The van der Waals surface area contributed by atoms with Gasteiger partial charge in [-0.15, -0.1) is 0 Å². The van der Waals surface area contributed by atoms with Crippen molar-refractivity contribution in [3.8, 4) is 0 Å². The number of aliphatic carboxylic acids is 2. The zero-order chi connectivity index (χ0) is 74.0. The average molecular weight is 1510 g/mol. The van der Waals surface area contributed by atoms with Crippen molar-refractivity contribution in [1.82, 2.24) is 52.5 Å². The highest BCUT2D eigenvalue weighted by atomic mass is 35.5. The summed E-state index contributed by atoms with van der Waals surface area (Å²) < 4.78 is 33.1. The molecule has 2 heterocycles. The Hall–Kier alpha value is -8.04. The van der Waals surface area contributed by atoms with Crippen molar-refractivity contribution in [3.05, 3.63) is 116 Å². The third-order valence-corrected chi connectivity index (χ3v) is 15.4. The van der Waals surface area contributed by atoms with Gasteiger partial charge in [0.1, 0.15) is 23.7 Å². The van der Waals surface area contributed by atoms with Crippen molar-refractivity contribution < 1.29 is 86.6 Å². The Labute approximate surface area is 612 Å². The Kier molecular flexibility index (Phi) is 44.8. The molecule has 0 saturated carbocycles. The Morgan fingerprint density at radius 3 is 0.980 bits per heavy atom. The Balaban J connectivity index is 0.964. The number of rotatable bonds is 57. The first kappa shape index (κ1) is 86.4. The van der Waals surface area contributed by atoms with Gasteiger partial charge in [-0.2, -0.15) is 0 Å². The lowest BCUT2D eigenvalue weighted by molar-refractivity contribution is -0.139. The Morgan fingerprint density at radius 1 is 0.363 bits per heavy atom. The minimum absolute atomic E-state index is 0.0199. The molecule has 0 aliphatic heterocycles. The molecule has 2 unspecified atom stereocenters. The number of amides is 8. The van der Waals surface area contributed by atoms with E-state index in [2.05, 4.69) is 63.1 Å². The molecule has 0 radical (unpaired) electrons. The van der Waals surface area contributed by atoms with E-state index in [4.69, 9.17) is 74.8 Å². The molecular formula is C68H94Cl4N12O18. The number of aromatic nitrogens is 2. The number of carboxylic acid groups (broad SMARTS) is 2. The van der Waals surface area contributed by atoms with Crippen molar-refractivity contribution >= 4 is 117 Å². The zero-order valence-electron chi connectivity index (χ0n) is 56.9. The van der Waals surface area contributed by atoms with Crippen molar-refractivity contribution in [2.75, 3.05) is 129 Å². The first-order chi connectivity index (χ1) is 49.2. The summed E-state index contributed by atoms with van der Waals surface area (Å²) in [5, 5.41) is 48.1. The van der Waals surface area contributed by atoms with E-state index in [0.717, 1.165) is 0 Å². The topological polar surface area (TPSA) is 413 Å². The lowest BCUT2D eigenvalue weighted by atomic mass is 10.0. The SMILES string of the molecule is O=C(O)CC(NC(=O)[C@H](CCC(=O)NCCOCCOCCOCCNC(=O)CCC(=O)NCCOCCOCCOCCNC(=O)CC[C@H](NC(=O)CCCCNc1ccccn1)C(=O)NC(CC(=O)O)c1cc(Cl)cc(Cl)c1)NC(=O)CCCCNc1ccccn1)c1cc(Cl)cc(Cl)c1. The molecule has 562 valence electrons. The van der Waals surface area contributed by atoms with Gasteiger partial charge in [-0.3, -0.25) is 47.9 Å². The predicted molar refractivity (Wildman–Crippen MR) is 381 cm³/mol. The third-order valence-electron chi connectivity index (χ3n) is 14.5. The van der Waals surface area contributed by atoms with Crippen LogP contribution < -0.4 is 53.2 Å². The second kappa shape index (κ2) is 52.9. The van der Waals surface area contributed by atoms with Gasteiger partial charge in [-0.1, -0.05) is 58.5 Å². The smallest absolute Gasteiger partial charge is 0.305 e. The summed E-state index contributed by atoms with van der Waals surface area (Å²) in [6.45, 7) is 4.64. The largest absolute Gasteiger partial charge is 0.481 e. The minimum atomic E-state index is -1.20. The number of carboxylic acids is 2. The number of carbonyl (C=O) groups is 10. The number of nitrogens with one attached hydrogen (secondary N) is 10. The molecule has 0 saturated heterocycles. The van der Waals surface area contributed by atoms with Gasteiger partial charge >= 0.3 is 11.9 Å². The normalized spacial score (nSPS) is 12.2. The number of anilines is 2. The van der Waals surface area contributed by atoms with E-state index >= 15 is 0 Å². The number of halogens is 4. The van der Waals surface area contributed by atoms with E-state index in [1.807, 2.05) is 24.3 Å². The van der Waals surface area contributed by atoms with E-state index < -0.39 is 84.4 Å². The summed E-state index contributed by atoms with van der Waals surface area (Å²) >= 11 is 24.7. The maximum atomic E-state index is 13.6. The summed E-state index contributed by atoms with van der Waals surface area (Å²) in [5.41, 5.74) is 0.699. The fraction of sp³-hybridized carbons (Fsp3) is 0.529. The highest BCUT2D eigenvalue weighted by molar-refractivity contribution is 6.35. The van der Waals surface area contributed by atoms with Gasteiger partial charge in [0.15, 0.2) is 0 Å². The van der Waals surface area contributed by atoms with Crippen LogP contribution >= 0.6 is 46.4 Å². The predicted octanol–water partition coefficient (Wildman–Crippen LogP) is 5.49. The molecule has 0 bridgehead atoms. The molecule has 0 spiro atoms. The molecule has 102 heavy (non-hydrogen) atoms. The molecule has 2 aromatic heterocycles. The molecule has 4 atom stereocenters. The van der Waals surface area contributed by atoms with Crippen LogP contribution in [0.2, 0.25) is 20.1 Å². The number of ether oxygens (including phenoxy) is 6. The zero-order valence-corrected chi connectivity index (χ0v) is 59.9. The fourth-order valence-corrected chi connectivity index (χ4v) is 10.6. The lowest BCUT2D eigenvalue weighted by Gasteiger charge is -2.23. The molecule has 12 N–H and O–H groups in total. The number of unbranched alkanes of at least 4 members (excludes halogenated alkanes) is 2. The second-order valence-electron chi connectivity index (χ2n) is 22.8. The quantitative estimate of drug-likeness (QED) is 0.0243. The fourth-order valence-electron chi connectivity index (χ4n) is 9.48. The van der Waals surface area contributed by atoms with E-state index in [1.165, 1.54) is 36.4 Å². The maximum absolute atomic E-state index is 13.6. The van der Waals surface area contributed by atoms with Crippen LogP contribution in [0.15, 0.2) is 85.2 Å². The standard InChI is InChI=1S/C68H94Cl4N12O18/c69-49-39-47(40-50(70)43-49)55(45-65(91)92)83-67(95)53(81-63(89)11-3-7-21-75-57-9-1-5-19-73-57)13-15-59(85)77-23-27-97-31-35-101-37-33-99-29-25-79-61(87)17-18-62(88)80-26-30-100-34-38-102-36-32-98-28-24-78-60(86)16-14-54(82-64(90)12-4-8-22-76-58-10-2-6-20-74-58)68(96)84-56(46-66(93)94)48-41-51(71)44-52(72)42-48/h1-2,5-6,9-10,19-20,39-44,53-56H,3-4,7-8,11-18,21-38,45-46H2,(H,73,75)(H,74,76)(H,77,85)(H,78,86)(H,79,87)(H,80,88)(H,81,89)(H,82,90)(H,83,95)(H,84,96)(H,91,92)(H,93,94)/t53-,54-,55?,56?/m0/s1. The van der Waals surface area contributed by atoms with Gasteiger partial charge in [-0.25, -0.2) is 9.97 Å². The van der Waals surface area contributed by atoms with Gasteiger partial charge in [0.2, 0.25) is 47.3 Å². The monoisotopic (exact) mass is 1510 g/mol. The van der Waals surface area contributed by atoms with Crippen LogP contribution in [-0.2, 0) is 76.4 Å². The molecule has 4 aromatic rings. The molecule has 30 nitrogen and oxygen atoms in total. The van der Waals surface area contributed by atoms with Gasteiger partial charge < -0.3 is 91.8 Å². The van der Waals surface area contributed by atoms with Crippen LogP contribution in [-0.4, -0.2) is 210 Å². The summed E-state index contributed by atoms with van der Waals surface area (Å²) in [5.74, 6) is -4.66. The van der Waals surface area contributed by atoms with E-state index in [9.17, 15) is 58.2 Å². The Morgan fingerprint density at radius 2 is 0.676 bits per heavy atom. The van der Waals surface area contributed by atoms with Crippen molar-refractivity contribution in [1.29, 1.82) is 0 Å². The molecule has 34 heteroatoms. The molecule has 2 aromatic carbocycles. The number of pyridine rings is 2. The van der Waals surface area contributed by atoms with Crippen LogP contribution in [0.5, 0.6) is 0 Å². The van der Waals surface area contributed by atoms with Crippen LogP contribution in [0.1, 0.15) is 113 Å². The highest BCUT2D eigenvalue weighted by Gasteiger charge is 2.29. The van der Waals surface area contributed by atoms with Crippen LogP contribution in [0.4, 0.5) is 11.6 Å². The summed E-state index contributed by atoms with van der Waals surface area (Å²) in [7, 11) is 0. The van der Waals surface area contributed by atoms with E-state index in [0.29, 0.717) is 61.5 Å². The first-order valence-corrected chi connectivity index (χ1v) is 35.1. The molecule has 8 amide bonds. The van der Waals surface area contributed by atoms with Crippen LogP contribution in [0.3, 0.4) is 0 Å². The van der Waals surface area contributed by atoms with Gasteiger partial charge in [0.05, 0.1) is 104 Å². The highest BCUT2D eigenvalue weighted by Crippen LogP contribution is 2.28.